The number of quaternary nitrogens is 1. The van der Waals surface area contributed by atoms with Crippen molar-refractivity contribution in [2.24, 2.45) is 0 Å². The van der Waals surface area contributed by atoms with Gasteiger partial charge in [0.15, 0.2) is 0 Å². The van der Waals surface area contributed by atoms with Gasteiger partial charge in [-0.3, -0.25) is 0 Å². The molecule has 0 radical (unpaired) electrons. The van der Waals surface area contributed by atoms with Gasteiger partial charge >= 0.3 is 0 Å². The third-order valence-electron chi connectivity index (χ3n) is 2.85. The zero-order valence-corrected chi connectivity index (χ0v) is 9.23. The largest absolute Gasteiger partial charge is 0.331 e. The van der Waals surface area contributed by atoms with Crippen LogP contribution in [0.1, 0.15) is 46.0 Å². The molecule has 1 aliphatic rings. The van der Waals surface area contributed by atoms with Crippen molar-refractivity contribution in [1.82, 2.24) is 0 Å². The summed E-state index contributed by atoms with van der Waals surface area (Å²) in [5.41, 5.74) is 1.70. The predicted octanol–water partition coefficient (Wildman–Crippen LogP) is 1.80. The van der Waals surface area contributed by atoms with Gasteiger partial charge in [0, 0.05) is 12.8 Å². The molecule has 1 fully saturated rings. The summed E-state index contributed by atoms with van der Waals surface area (Å²) in [4.78, 5) is 1.81. The predicted molar refractivity (Wildman–Crippen MR) is 58.1 cm³/mol. The Morgan fingerprint density at radius 3 is 2.46 bits per heavy atom. The second kappa shape index (κ2) is 6.20. The molecule has 0 saturated carbocycles. The minimum absolute atomic E-state index is 1.21. The van der Waals surface area contributed by atoms with Crippen LogP contribution in [-0.2, 0) is 0 Å². The average Bonchev–Trinajstić information content (AvgIpc) is 2.58. The van der Waals surface area contributed by atoms with E-state index in [1.807, 2.05) is 4.90 Å². The van der Waals surface area contributed by atoms with Crippen molar-refractivity contribution in [3.05, 3.63) is 11.6 Å². The van der Waals surface area contributed by atoms with E-state index >= 15 is 0 Å². The fraction of sp³-hybridized carbons (Fsp3) is 0.833. The van der Waals surface area contributed by atoms with E-state index in [2.05, 4.69) is 19.9 Å². The van der Waals surface area contributed by atoms with Gasteiger partial charge in [0.1, 0.15) is 0 Å². The quantitative estimate of drug-likeness (QED) is 0.618. The van der Waals surface area contributed by atoms with Gasteiger partial charge in [0.2, 0.25) is 0 Å². The van der Waals surface area contributed by atoms with Crippen LogP contribution in [0.4, 0.5) is 0 Å². The van der Waals surface area contributed by atoms with E-state index in [1.165, 1.54) is 51.7 Å². The highest BCUT2D eigenvalue weighted by atomic mass is 15.1. The number of hydrogen-bond acceptors (Lipinski definition) is 0. The lowest BCUT2D eigenvalue weighted by atomic mass is 10.1. The molecular weight excluding hydrogens is 158 g/mol. The molecule has 0 aliphatic carbocycles. The Kier molecular flexibility index (Phi) is 5.14. The third-order valence-corrected chi connectivity index (χ3v) is 2.85. The molecule has 1 nitrogen and oxygen atoms in total. The van der Waals surface area contributed by atoms with E-state index in [0.717, 1.165) is 0 Å². The first-order chi connectivity index (χ1) is 6.36. The third kappa shape index (κ3) is 3.95. The number of allylic oxidation sites excluding steroid dienone is 1. The van der Waals surface area contributed by atoms with Gasteiger partial charge in [-0.15, -0.1) is 0 Å². The van der Waals surface area contributed by atoms with Crippen LogP contribution < -0.4 is 4.90 Å². The Labute approximate surface area is 82.8 Å². The van der Waals surface area contributed by atoms with Gasteiger partial charge in [-0.05, 0) is 18.4 Å². The van der Waals surface area contributed by atoms with Crippen LogP contribution in [0.3, 0.4) is 0 Å². The molecule has 0 aromatic carbocycles. The Morgan fingerprint density at radius 2 is 1.92 bits per heavy atom. The second-order valence-electron chi connectivity index (χ2n) is 4.15. The molecule has 1 saturated heterocycles. The highest BCUT2D eigenvalue weighted by molar-refractivity contribution is 5.01. The maximum absolute atomic E-state index is 2.44. The molecule has 0 amide bonds. The summed E-state index contributed by atoms with van der Waals surface area (Å²) in [5.74, 6) is 0. The van der Waals surface area contributed by atoms with Gasteiger partial charge in [-0.1, -0.05) is 26.3 Å². The molecule has 1 heteroatoms. The van der Waals surface area contributed by atoms with Crippen LogP contribution in [0.15, 0.2) is 11.6 Å². The summed E-state index contributed by atoms with van der Waals surface area (Å²) in [7, 11) is 0. The van der Waals surface area contributed by atoms with Crippen molar-refractivity contribution in [3.8, 4) is 0 Å². The Bertz CT molecular complexity index is 155. The molecule has 1 heterocycles. The number of hydrogen-bond donors (Lipinski definition) is 1. The van der Waals surface area contributed by atoms with Gasteiger partial charge < -0.3 is 4.90 Å². The fourth-order valence-corrected chi connectivity index (χ4v) is 2.25. The molecule has 1 N–H and O–H groups in total. The average molecular weight is 182 g/mol. The summed E-state index contributed by atoms with van der Waals surface area (Å²) in [5, 5.41) is 0. The minimum Gasteiger partial charge on any atom is -0.331 e. The summed E-state index contributed by atoms with van der Waals surface area (Å²) in [6, 6.07) is 0. The standard InChI is InChI=1S/C12H23N/c1-3-7-12(8-4-2)11-13-9-5-6-10-13/h7H,3-6,8-11H2,1-2H3/p+1. The normalized spacial score (nSPS) is 19.7. The van der Waals surface area contributed by atoms with Gasteiger partial charge in [0.25, 0.3) is 0 Å². The lowest BCUT2D eigenvalue weighted by Gasteiger charge is -2.14. The molecule has 1 rings (SSSR count). The smallest absolute Gasteiger partial charge is 0.0987 e. The van der Waals surface area contributed by atoms with Crippen molar-refractivity contribution in [1.29, 1.82) is 0 Å². The number of rotatable bonds is 5. The minimum atomic E-state index is 1.21. The highest BCUT2D eigenvalue weighted by Crippen LogP contribution is 2.04. The molecule has 0 aromatic rings. The van der Waals surface area contributed by atoms with Crippen molar-refractivity contribution < 1.29 is 4.90 Å². The van der Waals surface area contributed by atoms with E-state index in [4.69, 9.17) is 0 Å². The maximum atomic E-state index is 2.44. The molecular formula is C12H24N+. The van der Waals surface area contributed by atoms with E-state index in [9.17, 15) is 0 Å². The Balaban J connectivity index is 2.32. The first kappa shape index (κ1) is 10.8. The summed E-state index contributed by atoms with van der Waals surface area (Å²) < 4.78 is 0. The lowest BCUT2D eigenvalue weighted by Crippen LogP contribution is -3.10. The molecule has 0 bridgehead atoms. The zero-order chi connectivity index (χ0) is 9.52. The highest BCUT2D eigenvalue weighted by Gasteiger charge is 2.15. The second-order valence-corrected chi connectivity index (χ2v) is 4.15. The molecule has 0 aromatic heterocycles. The van der Waals surface area contributed by atoms with Crippen LogP contribution in [0, 0.1) is 0 Å². The van der Waals surface area contributed by atoms with Crippen LogP contribution in [-0.4, -0.2) is 19.6 Å². The van der Waals surface area contributed by atoms with E-state index < -0.39 is 0 Å². The Hall–Kier alpha value is -0.300. The van der Waals surface area contributed by atoms with Gasteiger partial charge in [0.05, 0.1) is 19.6 Å². The van der Waals surface area contributed by atoms with Crippen molar-refractivity contribution in [3.63, 3.8) is 0 Å². The topological polar surface area (TPSA) is 4.44 Å². The Morgan fingerprint density at radius 1 is 1.23 bits per heavy atom. The summed E-state index contributed by atoms with van der Waals surface area (Å²) in [6.07, 6.45) is 9.16. The fourth-order valence-electron chi connectivity index (χ4n) is 2.25. The first-order valence-corrected chi connectivity index (χ1v) is 5.88. The molecule has 0 spiro atoms. The van der Waals surface area contributed by atoms with Gasteiger partial charge in [-0.25, -0.2) is 0 Å². The van der Waals surface area contributed by atoms with Crippen molar-refractivity contribution in [2.75, 3.05) is 19.6 Å². The SMILES string of the molecule is CCC=C(CCC)C[NH+]1CCCC1. The van der Waals surface area contributed by atoms with Crippen molar-refractivity contribution >= 4 is 0 Å². The van der Waals surface area contributed by atoms with Crippen LogP contribution in [0.25, 0.3) is 0 Å². The van der Waals surface area contributed by atoms with Crippen LogP contribution in [0.5, 0.6) is 0 Å². The van der Waals surface area contributed by atoms with Crippen molar-refractivity contribution in [2.45, 2.75) is 46.0 Å². The zero-order valence-electron chi connectivity index (χ0n) is 9.23. The summed E-state index contributed by atoms with van der Waals surface area (Å²) in [6.45, 7) is 8.66. The lowest BCUT2D eigenvalue weighted by molar-refractivity contribution is -0.882. The van der Waals surface area contributed by atoms with E-state index in [-0.39, 0.29) is 0 Å². The molecule has 76 valence electrons. The van der Waals surface area contributed by atoms with Crippen LogP contribution in [0.2, 0.25) is 0 Å². The van der Waals surface area contributed by atoms with Crippen LogP contribution >= 0.6 is 0 Å². The molecule has 13 heavy (non-hydrogen) atoms. The summed E-state index contributed by atoms with van der Waals surface area (Å²) >= 11 is 0. The van der Waals surface area contributed by atoms with E-state index in [0.29, 0.717) is 0 Å². The first-order valence-electron chi connectivity index (χ1n) is 5.88. The maximum Gasteiger partial charge on any atom is 0.0987 e. The molecule has 1 aliphatic heterocycles. The van der Waals surface area contributed by atoms with Gasteiger partial charge in [-0.2, -0.15) is 0 Å². The monoisotopic (exact) mass is 182 g/mol. The molecule has 0 unspecified atom stereocenters. The van der Waals surface area contributed by atoms with E-state index in [1.54, 1.807) is 5.57 Å². The number of nitrogens with one attached hydrogen (secondary N) is 1. The molecule has 0 atom stereocenters. The number of likely N-dealkylation sites (tertiary alicyclic amines) is 1.